The van der Waals surface area contributed by atoms with Crippen molar-refractivity contribution < 1.29 is 9.50 Å². The lowest BCUT2D eigenvalue weighted by Gasteiger charge is -2.09. The summed E-state index contributed by atoms with van der Waals surface area (Å²) in [5.74, 6) is -0.468. The van der Waals surface area contributed by atoms with Crippen LogP contribution in [0.1, 0.15) is 5.56 Å². The molecule has 0 saturated heterocycles. The number of halogens is 4. The Bertz CT molecular complexity index is 599. The molecule has 2 aromatic rings. The van der Waals surface area contributed by atoms with Gasteiger partial charge in [0, 0.05) is 12.2 Å². The monoisotopic (exact) mass is 363 g/mol. The normalized spacial score (nSPS) is 10.5. The highest BCUT2D eigenvalue weighted by Crippen LogP contribution is 2.34. The number of hydrogen-bond acceptors (Lipinski definition) is 2. The molecule has 0 saturated carbocycles. The summed E-state index contributed by atoms with van der Waals surface area (Å²) in [6, 6.07) is 7.98. The molecule has 2 nitrogen and oxygen atoms in total. The van der Waals surface area contributed by atoms with Crippen LogP contribution in [-0.4, -0.2) is 5.11 Å². The molecule has 0 aliphatic heterocycles. The van der Waals surface area contributed by atoms with Gasteiger partial charge in [-0.1, -0.05) is 29.3 Å². The minimum absolute atomic E-state index is 0.149. The summed E-state index contributed by atoms with van der Waals surface area (Å²) in [6.45, 7) is 0.418. The minimum Gasteiger partial charge on any atom is -0.505 e. The number of nitrogens with one attached hydrogen (secondary N) is 1. The van der Waals surface area contributed by atoms with E-state index >= 15 is 0 Å². The van der Waals surface area contributed by atoms with Gasteiger partial charge in [-0.3, -0.25) is 0 Å². The Labute approximate surface area is 128 Å². The first kappa shape index (κ1) is 14.4. The van der Waals surface area contributed by atoms with Gasteiger partial charge in [-0.25, -0.2) is 4.39 Å². The number of anilines is 1. The number of benzene rings is 2. The molecule has 0 atom stereocenters. The maximum atomic E-state index is 13.3. The number of aromatic hydroxyl groups is 1. The van der Waals surface area contributed by atoms with E-state index in [-0.39, 0.29) is 21.6 Å². The third-order valence-corrected chi connectivity index (χ3v) is 3.72. The van der Waals surface area contributed by atoms with Crippen LogP contribution in [0.4, 0.5) is 10.1 Å². The second kappa shape index (κ2) is 5.99. The van der Waals surface area contributed by atoms with Crippen LogP contribution in [0.3, 0.4) is 0 Å². The highest BCUT2D eigenvalue weighted by molar-refractivity contribution is 9.10. The molecule has 0 aliphatic rings. The van der Waals surface area contributed by atoms with E-state index in [0.717, 1.165) is 5.56 Å². The zero-order valence-corrected chi connectivity index (χ0v) is 12.7. The van der Waals surface area contributed by atoms with Crippen molar-refractivity contribution in [1.29, 1.82) is 0 Å². The predicted molar refractivity (Wildman–Crippen MR) is 79.6 cm³/mol. The van der Waals surface area contributed by atoms with Gasteiger partial charge in [-0.15, -0.1) is 0 Å². The third-order valence-electron chi connectivity index (χ3n) is 2.50. The first-order chi connectivity index (χ1) is 8.97. The van der Waals surface area contributed by atoms with Crippen LogP contribution in [-0.2, 0) is 6.54 Å². The van der Waals surface area contributed by atoms with E-state index in [1.165, 1.54) is 6.07 Å². The zero-order valence-electron chi connectivity index (χ0n) is 9.55. The van der Waals surface area contributed by atoms with Crippen LogP contribution in [0.25, 0.3) is 0 Å². The number of rotatable bonds is 3. The first-order valence-electron chi connectivity index (χ1n) is 5.33. The molecule has 2 rings (SSSR count). The van der Waals surface area contributed by atoms with Gasteiger partial charge in [-0.05, 0) is 45.8 Å². The van der Waals surface area contributed by atoms with Crippen molar-refractivity contribution >= 4 is 44.8 Å². The zero-order chi connectivity index (χ0) is 14.0. The van der Waals surface area contributed by atoms with Crippen LogP contribution in [0.5, 0.6) is 5.75 Å². The Kier molecular flexibility index (Phi) is 4.55. The highest BCUT2D eigenvalue weighted by Gasteiger charge is 2.07. The van der Waals surface area contributed by atoms with Crippen LogP contribution in [0.15, 0.2) is 34.8 Å². The van der Waals surface area contributed by atoms with Gasteiger partial charge in [-0.2, -0.15) is 0 Å². The first-order valence-corrected chi connectivity index (χ1v) is 6.88. The Morgan fingerprint density at radius 1 is 1.16 bits per heavy atom. The topological polar surface area (TPSA) is 32.3 Å². The third kappa shape index (κ3) is 3.53. The lowest BCUT2D eigenvalue weighted by molar-refractivity contribution is 0.476. The number of hydrogen-bond donors (Lipinski definition) is 2. The average Bonchev–Trinajstić information content (AvgIpc) is 2.37. The Morgan fingerprint density at radius 2 is 1.79 bits per heavy atom. The smallest absolute Gasteiger partial charge is 0.152 e. The van der Waals surface area contributed by atoms with Gasteiger partial charge < -0.3 is 10.4 Å². The summed E-state index contributed by atoms with van der Waals surface area (Å²) in [5, 5.41) is 12.8. The second-order valence-corrected chi connectivity index (χ2v) is 5.56. The van der Waals surface area contributed by atoms with Crippen molar-refractivity contribution in [3.05, 3.63) is 56.2 Å². The van der Waals surface area contributed by atoms with E-state index in [1.54, 1.807) is 24.3 Å². The lowest BCUT2D eigenvalue weighted by Crippen LogP contribution is -2.00. The largest absolute Gasteiger partial charge is 0.505 e. The quantitative estimate of drug-likeness (QED) is 0.732. The number of phenolic OH excluding ortho intramolecular Hbond substituents is 1. The summed E-state index contributed by atoms with van der Waals surface area (Å²) in [6.07, 6.45) is 0. The summed E-state index contributed by atoms with van der Waals surface area (Å²) < 4.78 is 13.8. The second-order valence-electron chi connectivity index (χ2n) is 3.89. The van der Waals surface area contributed by atoms with Crippen LogP contribution < -0.4 is 5.32 Å². The Hall–Kier alpha value is -0.970. The van der Waals surface area contributed by atoms with Crippen molar-refractivity contribution in [3.8, 4) is 5.75 Å². The molecule has 0 heterocycles. The van der Waals surface area contributed by atoms with E-state index in [0.29, 0.717) is 16.7 Å². The summed E-state index contributed by atoms with van der Waals surface area (Å²) >= 11 is 14.7. The highest BCUT2D eigenvalue weighted by atomic mass is 79.9. The molecule has 2 aromatic carbocycles. The van der Waals surface area contributed by atoms with Gasteiger partial charge in [0.25, 0.3) is 0 Å². The van der Waals surface area contributed by atoms with Crippen molar-refractivity contribution in [1.82, 2.24) is 0 Å². The van der Waals surface area contributed by atoms with Gasteiger partial charge >= 0.3 is 0 Å². The van der Waals surface area contributed by atoms with E-state index in [1.807, 2.05) is 0 Å². The fourth-order valence-corrected chi connectivity index (χ4v) is 2.25. The Balaban J connectivity index is 2.12. The Morgan fingerprint density at radius 3 is 2.37 bits per heavy atom. The van der Waals surface area contributed by atoms with Crippen molar-refractivity contribution in [2.45, 2.75) is 6.54 Å². The molecule has 0 unspecified atom stereocenters. The molecule has 0 spiro atoms. The molecule has 100 valence electrons. The van der Waals surface area contributed by atoms with Gasteiger partial charge in [0.15, 0.2) is 5.75 Å². The minimum atomic E-state index is -0.318. The molecule has 0 bridgehead atoms. The molecular formula is C13H9BrCl2FNO. The maximum absolute atomic E-state index is 13.3. The van der Waals surface area contributed by atoms with Crippen molar-refractivity contribution in [2.24, 2.45) is 0 Å². The lowest BCUT2D eigenvalue weighted by atomic mass is 10.2. The fourth-order valence-electron chi connectivity index (χ4n) is 1.52. The molecular weight excluding hydrogens is 356 g/mol. The van der Waals surface area contributed by atoms with Gasteiger partial charge in [0.05, 0.1) is 14.5 Å². The molecule has 19 heavy (non-hydrogen) atoms. The molecule has 0 aliphatic carbocycles. The summed E-state index contributed by atoms with van der Waals surface area (Å²) in [7, 11) is 0. The van der Waals surface area contributed by atoms with E-state index < -0.39 is 0 Å². The van der Waals surface area contributed by atoms with Gasteiger partial charge in [0.1, 0.15) is 5.82 Å². The maximum Gasteiger partial charge on any atom is 0.152 e. The van der Waals surface area contributed by atoms with Crippen molar-refractivity contribution in [2.75, 3.05) is 5.32 Å². The van der Waals surface area contributed by atoms with E-state index in [9.17, 15) is 9.50 Å². The summed E-state index contributed by atoms with van der Waals surface area (Å²) in [5.41, 5.74) is 1.43. The van der Waals surface area contributed by atoms with Crippen LogP contribution >= 0.6 is 39.1 Å². The van der Waals surface area contributed by atoms with E-state index in [2.05, 4.69) is 21.2 Å². The molecule has 0 amide bonds. The molecule has 0 radical (unpaired) electrons. The van der Waals surface area contributed by atoms with Crippen LogP contribution in [0, 0.1) is 5.82 Å². The fraction of sp³-hybridized carbons (Fsp3) is 0.0769. The average molecular weight is 365 g/mol. The standard InChI is InChI=1S/C13H9BrCl2FNO/c14-9-2-1-7(3-12(9)17)6-18-8-4-10(15)13(19)11(16)5-8/h1-5,18-19H,6H2. The van der Waals surface area contributed by atoms with Crippen molar-refractivity contribution in [3.63, 3.8) is 0 Å². The number of phenols is 1. The predicted octanol–water partition coefficient (Wildman–Crippen LogP) is 5.21. The molecule has 0 aromatic heterocycles. The molecule has 2 N–H and O–H groups in total. The van der Waals surface area contributed by atoms with E-state index in [4.69, 9.17) is 23.2 Å². The molecule has 6 heteroatoms. The summed E-state index contributed by atoms with van der Waals surface area (Å²) in [4.78, 5) is 0. The SMILES string of the molecule is Oc1c(Cl)cc(NCc2ccc(Br)c(F)c2)cc1Cl. The molecule has 0 fully saturated rings. The van der Waals surface area contributed by atoms with Gasteiger partial charge in [0.2, 0.25) is 0 Å². The van der Waals surface area contributed by atoms with Crippen LogP contribution in [0.2, 0.25) is 10.0 Å².